The van der Waals surface area contributed by atoms with Crippen molar-refractivity contribution >= 4 is 50.3 Å². The fourth-order valence-electron chi connectivity index (χ4n) is 2.43. The highest BCUT2D eigenvalue weighted by Crippen LogP contribution is 2.30. The number of rotatable bonds is 5. The predicted molar refractivity (Wildman–Crippen MR) is 113 cm³/mol. The van der Waals surface area contributed by atoms with Crippen LogP contribution in [0.15, 0.2) is 52.0 Å². The van der Waals surface area contributed by atoms with E-state index in [1.165, 1.54) is 0 Å². The first-order valence-electron chi connectivity index (χ1n) is 8.04. The van der Waals surface area contributed by atoms with Crippen molar-refractivity contribution in [1.82, 2.24) is 5.43 Å². The lowest BCUT2D eigenvalue weighted by atomic mass is 10.1. The summed E-state index contributed by atoms with van der Waals surface area (Å²) in [5.41, 5.74) is 3.69. The van der Waals surface area contributed by atoms with E-state index in [0.29, 0.717) is 12.3 Å². The van der Waals surface area contributed by atoms with Crippen LogP contribution in [-0.4, -0.2) is 17.4 Å². The predicted octanol–water partition coefficient (Wildman–Crippen LogP) is 4.96. The summed E-state index contributed by atoms with van der Waals surface area (Å²) < 4.78 is 13.6. The molecule has 0 unspecified atom stereocenters. The summed E-state index contributed by atoms with van der Waals surface area (Å²) in [7, 11) is 0. The van der Waals surface area contributed by atoms with Crippen molar-refractivity contribution in [3.63, 3.8) is 0 Å². The van der Waals surface area contributed by atoms with Gasteiger partial charge in [0, 0.05) is 14.5 Å². The molecule has 136 valence electrons. The maximum Gasteiger partial charge on any atom is 0.283 e. The van der Waals surface area contributed by atoms with Crippen LogP contribution < -0.4 is 10.2 Å². The van der Waals surface area contributed by atoms with E-state index in [-0.39, 0.29) is 5.91 Å². The largest absolute Gasteiger partial charge is 0.463 e. The van der Waals surface area contributed by atoms with Gasteiger partial charge in [-0.2, -0.15) is 0 Å². The molecule has 0 atom stereocenters. The highest BCUT2D eigenvalue weighted by molar-refractivity contribution is 14.1. The number of nitrogens with zero attached hydrogens (tertiary/aromatic N) is 1. The molecular weight excluding hydrogens is 511 g/mol. The molecule has 0 radical (unpaired) electrons. The molecule has 2 aromatic carbocycles. The topological polar surface area (TPSA) is 59.9 Å². The number of nitrogens with one attached hydrogen (secondary N) is 1. The molecule has 2 aromatic rings. The molecule has 5 nitrogen and oxygen atoms in total. The molecule has 0 spiro atoms. The standard InChI is InChI=1S/C19H18BrIN2O3/c1-19(2)18(24)23-22-17(26-19)9-12-6-7-13(11-21)16(8-12)25-15-5-3-4-14(20)10-15/h3-8,10H,9,11H2,1-2H3,(H,23,24). The van der Waals surface area contributed by atoms with E-state index in [4.69, 9.17) is 9.47 Å². The van der Waals surface area contributed by atoms with Crippen LogP contribution in [-0.2, 0) is 20.4 Å². The summed E-state index contributed by atoms with van der Waals surface area (Å²) in [6, 6.07) is 13.8. The average Bonchev–Trinajstić information content (AvgIpc) is 2.58. The normalized spacial score (nSPS) is 15.7. The second-order valence-corrected chi connectivity index (χ2v) is 8.05. The van der Waals surface area contributed by atoms with Gasteiger partial charge in [-0.1, -0.05) is 56.7 Å². The number of benzene rings is 2. The van der Waals surface area contributed by atoms with Crippen LogP contribution in [0, 0.1) is 0 Å². The van der Waals surface area contributed by atoms with Gasteiger partial charge in [0.15, 0.2) is 5.60 Å². The smallest absolute Gasteiger partial charge is 0.283 e. The van der Waals surface area contributed by atoms with E-state index in [1.54, 1.807) is 13.8 Å². The quantitative estimate of drug-likeness (QED) is 0.441. The zero-order valence-electron chi connectivity index (χ0n) is 14.4. The minimum atomic E-state index is -0.922. The number of amides is 1. The molecule has 0 saturated heterocycles. The van der Waals surface area contributed by atoms with Crippen molar-refractivity contribution in [2.24, 2.45) is 5.10 Å². The molecule has 0 bridgehead atoms. The van der Waals surface area contributed by atoms with Gasteiger partial charge in [-0.15, -0.1) is 5.10 Å². The molecular formula is C19H18BrIN2O3. The number of hydrazone groups is 1. The molecule has 0 fully saturated rings. The maximum absolute atomic E-state index is 11.7. The van der Waals surface area contributed by atoms with Crippen LogP contribution in [0.3, 0.4) is 0 Å². The van der Waals surface area contributed by atoms with Crippen molar-refractivity contribution in [3.8, 4) is 11.5 Å². The SMILES string of the molecule is CC1(C)OC(Cc2ccc(CI)c(Oc3cccc(Br)c3)c2)=NNC1=O. The van der Waals surface area contributed by atoms with Gasteiger partial charge in [-0.05, 0) is 43.7 Å². The van der Waals surface area contributed by atoms with Crippen molar-refractivity contribution in [3.05, 3.63) is 58.1 Å². The Kier molecular flexibility index (Phi) is 5.86. The number of hydrogen-bond acceptors (Lipinski definition) is 4. The van der Waals surface area contributed by atoms with Gasteiger partial charge in [0.05, 0.1) is 6.42 Å². The second kappa shape index (κ2) is 7.96. The molecule has 0 saturated carbocycles. The maximum atomic E-state index is 11.7. The molecule has 3 rings (SSSR count). The lowest BCUT2D eigenvalue weighted by Gasteiger charge is -2.28. The zero-order valence-corrected chi connectivity index (χ0v) is 18.1. The third-order valence-corrected chi connectivity index (χ3v) is 5.17. The van der Waals surface area contributed by atoms with Gasteiger partial charge in [0.25, 0.3) is 5.91 Å². The van der Waals surface area contributed by atoms with Gasteiger partial charge < -0.3 is 9.47 Å². The number of halogens is 2. The van der Waals surface area contributed by atoms with E-state index in [9.17, 15) is 4.79 Å². The second-order valence-electron chi connectivity index (χ2n) is 6.37. The third-order valence-electron chi connectivity index (χ3n) is 3.86. The summed E-state index contributed by atoms with van der Waals surface area (Å²) in [6.07, 6.45) is 0.472. The molecule has 1 heterocycles. The van der Waals surface area contributed by atoms with E-state index in [0.717, 1.165) is 31.5 Å². The van der Waals surface area contributed by atoms with Gasteiger partial charge in [0.2, 0.25) is 5.90 Å². The molecule has 7 heteroatoms. The van der Waals surface area contributed by atoms with Crippen LogP contribution in [0.5, 0.6) is 11.5 Å². The van der Waals surface area contributed by atoms with Crippen LogP contribution >= 0.6 is 38.5 Å². The monoisotopic (exact) mass is 528 g/mol. The lowest BCUT2D eigenvalue weighted by molar-refractivity contribution is -0.137. The first kappa shape index (κ1) is 19.2. The van der Waals surface area contributed by atoms with Crippen molar-refractivity contribution in [2.75, 3.05) is 0 Å². The highest BCUT2D eigenvalue weighted by Gasteiger charge is 2.34. The zero-order chi connectivity index (χ0) is 18.7. The molecule has 0 aliphatic carbocycles. The fourth-order valence-corrected chi connectivity index (χ4v) is 3.44. The minimum Gasteiger partial charge on any atom is -0.463 e. The molecule has 26 heavy (non-hydrogen) atoms. The van der Waals surface area contributed by atoms with Crippen molar-refractivity contribution < 1.29 is 14.3 Å². The summed E-state index contributed by atoms with van der Waals surface area (Å²) in [5, 5.41) is 4.02. The van der Waals surface area contributed by atoms with Gasteiger partial charge in [-0.25, -0.2) is 5.43 Å². The highest BCUT2D eigenvalue weighted by atomic mass is 127. The van der Waals surface area contributed by atoms with Crippen molar-refractivity contribution in [2.45, 2.75) is 30.3 Å². The Hall–Kier alpha value is -1.61. The lowest BCUT2D eigenvalue weighted by Crippen LogP contribution is -2.48. The van der Waals surface area contributed by atoms with E-state index < -0.39 is 5.60 Å². The minimum absolute atomic E-state index is 0.250. The number of alkyl halides is 1. The van der Waals surface area contributed by atoms with Crippen molar-refractivity contribution in [1.29, 1.82) is 0 Å². The van der Waals surface area contributed by atoms with Gasteiger partial charge in [0.1, 0.15) is 11.5 Å². The van der Waals surface area contributed by atoms with Crippen LogP contribution in [0.25, 0.3) is 0 Å². The molecule has 1 amide bonds. The average molecular weight is 529 g/mol. The molecule has 0 aromatic heterocycles. The van der Waals surface area contributed by atoms with E-state index in [1.807, 2.05) is 42.5 Å². The number of hydrogen-bond donors (Lipinski definition) is 1. The number of carbonyl (C=O) groups is 1. The summed E-state index contributed by atoms with van der Waals surface area (Å²) in [5.74, 6) is 1.79. The van der Waals surface area contributed by atoms with Crippen LogP contribution in [0.4, 0.5) is 0 Å². The fraction of sp³-hybridized carbons (Fsp3) is 0.263. The molecule has 1 aliphatic rings. The summed E-state index contributed by atoms with van der Waals surface area (Å²) in [6.45, 7) is 3.44. The Morgan fingerprint density at radius 3 is 2.77 bits per heavy atom. The van der Waals surface area contributed by atoms with Gasteiger partial charge >= 0.3 is 0 Å². The Morgan fingerprint density at radius 1 is 1.27 bits per heavy atom. The first-order chi connectivity index (χ1) is 12.4. The Labute approximate surface area is 174 Å². The summed E-state index contributed by atoms with van der Waals surface area (Å²) in [4.78, 5) is 11.7. The molecule has 1 aliphatic heterocycles. The number of ether oxygens (including phenoxy) is 2. The number of carbonyl (C=O) groups excluding carboxylic acids is 1. The van der Waals surface area contributed by atoms with Gasteiger partial charge in [-0.3, -0.25) is 4.79 Å². The van der Waals surface area contributed by atoms with E-state index in [2.05, 4.69) is 49.0 Å². The van der Waals surface area contributed by atoms with Crippen LogP contribution in [0.2, 0.25) is 0 Å². The Bertz CT molecular complexity index is 868. The van der Waals surface area contributed by atoms with Crippen LogP contribution in [0.1, 0.15) is 25.0 Å². The Morgan fingerprint density at radius 2 is 2.08 bits per heavy atom. The van der Waals surface area contributed by atoms with E-state index >= 15 is 0 Å². The first-order valence-corrected chi connectivity index (χ1v) is 10.4. The molecule has 1 N–H and O–H groups in total. The third kappa shape index (κ3) is 4.56. The summed E-state index contributed by atoms with van der Waals surface area (Å²) >= 11 is 5.78. The Balaban J connectivity index is 1.82.